The molecule has 21 heavy (non-hydrogen) atoms. The summed E-state index contributed by atoms with van der Waals surface area (Å²) in [4.78, 5) is 16.6. The highest BCUT2D eigenvalue weighted by Crippen LogP contribution is 2.28. The molecule has 1 aromatic carbocycles. The maximum atomic E-state index is 11.5. The van der Waals surface area contributed by atoms with Gasteiger partial charge in [0.1, 0.15) is 11.3 Å². The van der Waals surface area contributed by atoms with Gasteiger partial charge in [-0.25, -0.2) is 0 Å². The number of aromatic amines is 1. The number of hydrogen-bond acceptors (Lipinski definition) is 4. The molecule has 1 heterocycles. The van der Waals surface area contributed by atoms with Crippen LogP contribution in [0.2, 0.25) is 0 Å². The molecule has 0 aliphatic carbocycles. The molecule has 0 unspecified atom stereocenters. The van der Waals surface area contributed by atoms with E-state index < -0.39 is 0 Å². The van der Waals surface area contributed by atoms with Crippen molar-refractivity contribution in [1.29, 1.82) is 0 Å². The number of aromatic nitrogens is 1. The third-order valence-corrected chi connectivity index (χ3v) is 4.66. The second-order valence-corrected chi connectivity index (χ2v) is 6.39. The summed E-state index contributed by atoms with van der Waals surface area (Å²) in [6, 6.07) is 3.61. The van der Waals surface area contributed by atoms with Gasteiger partial charge in [-0.05, 0) is 44.0 Å². The van der Waals surface area contributed by atoms with Gasteiger partial charge in [0.25, 0.3) is 0 Å². The summed E-state index contributed by atoms with van der Waals surface area (Å²) in [6.45, 7) is 7.67. The number of phenols is 1. The number of nitrogens with one attached hydrogen (secondary N) is 1. The number of aromatic hydroxyl groups is 1. The second kappa shape index (κ2) is 7.61. The van der Waals surface area contributed by atoms with E-state index in [1.807, 2.05) is 6.07 Å². The van der Waals surface area contributed by atoms with Crippen LogP contribution in [0.4, 0.5) is 0 Å². The van der Waals surface area contributed by atoms with E-state index in [0.717, 1.165) is 42.7 Å². The zero-order valence-corrected chi connectivity index (χ0v) is 13.6. The minimum Gasteiger partial charge on any atom is -0.506 e. The first-order chi connectivity index (χ1) is 10.2. The predicted molar refractivity (Wildman–Crippen MR) is 89.5 cm³/mol. The average molecular weight is 308 g/mol. The van der Waals surface area contributed by atoms with Crippen molar-refractivity contribution in [3.8, 4) is 5.75 Å². The second-order valence-electron chi connectivity index (χ2n) is 5.41. The van der Waals surface area contributed by atoms with Crippen LogP contribution in [0.5, 0.6) is 5.75 Å². The first-order valence-electron chi connectivity index (χ1n) is 7.71. The summed E-state index contributed by atoms with van der Waals surface area (Å²) >= 11 is 1.19. The molecule has 0 atom stereocenters. The fraction of sp³-hybridized carbons (Fsp3) is 0.562. The molecular formula is C16H24N2O2S. The fourth-order valence-electron chi connectivity index (χ4n) is 2.58. The predicted octanol–water partition coefficient (Wildman–Crippen LogP) is 3.35. The quantitative estimate of drug-likeness (QED) is 0.786. The van der Waals surface area contributed by atoms with E-state index in [1.54, 1.807) is 6.07 Å². The molecular weight excluding hydrogens is 284 g/mol. The van der Waals surface area contributed by atoms with Crippen LogP contribution in [-0.2, 0) is 6.42 Å². The molecule has 0 aliphatic heterocycles. The van der Waals surface area contributed by atoms with Crippen molar-refractivity contribution in [3.05, 3.63) is 27.4 Å². The Balaban J connectivity index is 2.11. The molecule has 0 radical (unpaired) electrons. The van der Waals surface area contributed by atoms with E-state index in [2.05, 4.69) is 23.7 Å². The molecule has 0 spiro atoms. The van der Waals surface area contributed by atoms with Crippen LogP contribution in [-0.4, -0.2) is 34.6 Å². The van der Waals surface area contributed by atoms with E-state index in [0.29, 0.717) is 5.52 Å². The molecule has 0 bridgehead atoms. The van der Waals surface area contributed by atoms with E-state index in [-0.39, 0.29) is 10.6 Å². The Kier molecular flexibility index (Phi) is 5.82. The van der Waals surface area contributed by atoms with Crippen molar-refractivity contribution in [2.75, 3.05) is 19.6 Å². The summed E-state index contributed by atoms with van der Waals surface area (Å²) in [5.74, 6) is 0.156. The fourth-order valence-corrected chi connectivity index (χ4v) is 3.48. The molecule has 0 amide bonds. The highest BCUT2D eigenvalue weighted by Gasteiger charge is 2.11. The monoisotopic (exact) mass is 308 g/mol. The van der Waals surface area contributed by atoms with Crippen molar-refractivity contribution in [1.82, 2.24) is 9.88 Å². The summed E-state index contributed by atoms with van der Waals surface area (Å²) < 4.78 is 0.895. The number of thiazole rings is 1. The number of unbranched alkanes of at least 4 members (excludes halogenated alkanes) is 1. The Morgan fingerprint density at radius 3 is 2.71 bits per heavy atom. The minimum atomic E-state index is -0.107. The van der Waals surface area contributed by atoms with Crippen LogP contribution < -0.4 is 4.87 Å². The zero-order chi connectivity index (χ0) is 15.2. The number of phenolic OH excluding ortho intramolecular Hbond substituents is 1. The summed E-state index contributed by atoms with van der Waals surface area (Å²) in [5, 5.41) is 9.81. The van der Waals surface area contributed by atoms with Crippen molar-refractivity contribution >= 4 is 21.6 Å². The molecule has 2 aromatic rings. The lowest BCUT2D eigenvalue weighted by molar-refractivity contribution is 0.273. The molecule has 0 fully saturated rings. The van der Waals surface area contributed by atoms with Crippen molar-refractivity contribution < 1.29 is 5.11 Å². The van der Waals surface area contributed by atoms with E-state index >= 15 is 0 Å². The Morgan fingerprint density at radius 2 is 2.00 bits per heavy atom. The molecule has 0 aliphatic rings. The first kappa shape index (κ1) is 16.0. The molecule has 5 heteroatoms. The highest BCUT2D eigenvalue weighted by molar-refractivity contribution is 7.16. The van der Waals surface area contributed by atoms with Crippen molar-refractivity contribution in [2.45, 2.75) is 39.5 Å². The molecule has 1 aromatic heterocycles. The van der Waals surface area contributed by atoms with Crippen LogP contribution in [0, 0.1) is 0 Å². The van der Waals surface area contributed by atoms with Gasteiger partial charge in [-0.1, -0.05) is 37.7 Å². The number of nitrogens with zero attached hydrogens (tertiary/aromatic N) is 1. The maximum absolute atomic E-state index is 11.5. The minimum absolute atomic E-state index is 0.107. The van der Waals surface area contributed by atoms with Gasteiger partial charge in [-0.2, -0.15) is 0 Å². The number of fused-ring (bicyclic) bond motifs is 1. The van der Waals surface area contributed by atoms with Gasteiger partial charge >= 0.3 is 4.87 Å². The van der Waals surface area contributed by atoms with Crippen LogP contribution in [0.15, 0.2) is 16.9 Å². The molecule has 116 valence electrons. The summed E-state index contributed by atoms with van der Waals surface area (Å²) in [5.41, 5.74) is 1.72. The number of rotatable bonds is 8. The highest BCUT2D eigenvalue weighted by atomic mass is 32.1. The Hall–Kier alpha value is -1.33. The van der Waals surface area contributed by atoms with E-state index in [9.17, 15) is 9.90 Å². The van der Waals surface area contributed by atoms with Gasteiger partial charge in [0.15, 0.2) is 0 Å². The van der Waals surface area contributed by atoms with E-state index in [1.165, 1.54) is 24.2 Å². The van der Waals surface area contributed by atoms with Crippen molar-refractivity contribution in [3.63, 3.8) is 0 Å². The third kappa shape index (κ3) is 4.08. The maximum Gasteiger partial charge on any atom is 0.305 e. The first-order valence-corrected chi connectivity index (χ1v) is 8.53. The molecule has 2 rings (SSSR count). The Morgan fingerprint density at radius 1 is 1.19 bits per heavy atom. The van der Waals surface area contributed by atoms with Crippen LogP contribution in [0.1, 0.15) is 38.7 Å². The number of benzene rings is 1. The molecule has 2 N–H and O–H groups in total. The van der Waals surface area contributed by atoms with Gasteiger partial charge in [-0.3, -0.25) is 4.79 Å². The van der Waals surface area contributed by atoms with Gasteiger partial charge in [0, 0.05) is 6.54 Å². The molecule has 0 saturated carbocycles. The zero-order valence-electron chi connectivity index (χ0n) is 12.8. The lowest BCUT2D eigenvalue weighted by Gasteiger charge is -2.21. The summed E-state index contributed by atoms with van der Waals surface area (Å²) in [7, 11) is 0. The van der Waals surface area contributed by atoms with E-state index in [4.69, 9.17) is 0 Å². The van der Waals surface area contributed by atoms with Gasteiger partial charge in [0.2, 0.25) is 0 Å². The number of hydrogen-bond donors (Lipinski definition) is 2. The molecule has 0 saturated heterocycles. The number of H-pyrrole nitrogens is 1. The summed E-state index contributed by atoms with van der Waals surface area (Å²) in [6.07, 6.45) is 4.51. The van der Waals surface area contributed by atoms with Crippen LogP contribution in [0.25, 0.3) is 10.2 Å². The topological polar surface area (TPSA) is 56.3 Å². The van der Waals surface area contributed by atoms with Gasteiger partial charge in [0.05, 0.1) is 4.70 Å². The van der Waals surface area contributed by atoms with Crippen LogP contribution in [0.3, 0.4) is 0 Å². The lowest BCUT2D eigenvalue weighted by atomic mass is 10.1. The van der Waals surface area contributed by atoms with Gasteiger partial charge in [-0.15, -0.1) is 0 Å². The standard InChI is InChI=1S/C16H24N2O2S/c1-3-5-10-18(9-4-2)11-8-12-6-7-13(19)14-15(12)21-16(20)17-14/h6-7,19H,3-5,8-11H2,1-2H3,(H,17,20). The Labute approximate surface area is 129 Å². The van der Waals surface area contributed by atoms with Gasteiger partial charge < -0.3 is 15.0 Å². The van der Waals surface area contributed by atoms with Crippen LogP contribution >= 0.6 is 11.3 Å². The third-order valence-electron chi connectivity index (χ3n) is 3.70. The SMILES string of the molecule is CCCCN(CCC)CCc1ccc(O)c2[nH]c(=O)sc12. The largest absolute Gasteiger partial charge is 0.506 e. The smallest absolute Gasteiger partial charge is 0.305 e. The average Bonchev–Trinajstić information content (AvgIpc) is 2.86. The lowest BCUT2D eigenvalue weighted by Crippen LogP contribution is -2.28. The Bertz CT molecular complexity index is 633. The van der Waals surface area contributed by atoms with Crippen molar-refractivity contribution in [2.24, 2.45) is 0 Å². The molecule has 4 nitrogen and oxygen atoms in total. The normalized spacial score (nSPS) is 11.6.